The summed E-state index contributed by atoms with van der Waals surface area (Å²) in [7, 11) is 4.53. The number of carbonyl (C=O) groups is 2. The van der Waals surface area contributed by atoms with Crippen LogP contribution in [0.5, 0.6) is 17.2 Å². The molecule has 7 nitrogen and oxygen atoms in total. The molecule has 0 aliphatic rings. The molecule has 0 N–H and O–H groups in total. The topological polar surface area (TPSA) is 84.0 Å². The predicted octanol–water partition coefficient (Wildman–Crippen LogP) is 2.82. The molecule has 1 aromatic heterocycles. The first kappa shape index (κ1) is 20.0. The number of carbonyl (C=O) groups excluding carboxylic acids is 2. The molecule has 7 heteroatoms. The average molecular weight is 371 g/mol. The van der Waals surface area contributed by atoms with Gasteiger partial charge in [-0.25, -0.2) is 4.79 Å². The largest absolute Gasteiger partial charge is 0.496 e. The molecule has 0 aliphatic heterocycles. The summed E-state index contributed by atoms with van der Waals surface area (Å²) < 4.78 is 20.7. The highest BCUT2D eigenvalue weighted by molar-refractivity contribution is 5.99. The number of benzene rings is 1. The lowest BCUT2D eigenvalue weighted by Crippen LogP contribution is -2.15. The predicted molar refractivity (Wildman–Crippen MR) is 98.8 cm³/mol. The molecule has 0 atom stereocenters. The molecule has 2 rings (SSSR count). The van der Waals surface area contributed by atoms with Gasteiger partial charge in [-0.3, -0.25) is 9.78 Å². The summed E-state index contributed by atoms with van der Waals surface area (Å²) in [6.45, 7) is 1.55. The van der Waals surface area contributed by atoms with E-state index in [1.54, 1.807) is 49.7 Å². The molecule has 27 heavy (non-hydrogen) atoms. The van der Waals surface area contributed by atoms with Crippen LogP contribution in [-0.4, -0.2) is 38.3 Å². The smallest absolute Gasteiger partial charge is 0.341 e. The van der Waals surface area contributed by atoms with Crippen LogP contribution in [-0.2, 0) is 20.7 Å². The third-order valence-corrected chi connectivity index (χ3v) is 3.71. The zero-order chi connectivity index (χ0) is 19.8. The van der Waals surface area contributed by atoms with E-state index < -0.39 is 11.9 Å². The first-order valence-electron chi connectivity index (χ1n) is 8.10. The van der Waals surface area contributed by atoms with Crippen molar-refractivity contribution in [3.63, 3.8) is 0 Å². The highest BCUT2D eigenvalue weighted by Gasteiger charge is 2.16. The zero-order valence-electron chi connectivity index (χ0n) is 15.6. The van der Waals surface area contributed by atoms with Gasteiger partial charge in [0.25, 0.3) is 0 Å². The fourth-order valence-electron chi connectivity index (χ4n) is 2.35. The molecular weight excluding hydrogens is 350 g/mol. The number of hydrogen-bond donors (Lipinski definition) is 0. The first-order chi connectivity index (χ1) is 13.0. The summed E-state index contributed by atoms with van der Waals surface area (Å²) in [5.74, 6) is 0.0824. The molecule has 0 saturated heterocycles. The van der Waals surface area contributed by atoms with E-state index in [1.807, 2.05) is 0 Å². The van der Waals surface area contributed by atoms with E-state index in [9.17, 15) is 9.59 Å². The normalized spacial score (nSPS) is 10.9. The third-order valence-electron chi connectivity index (χ3n) is 3.71. The number of nitrogens with zero attached hydrogens (tertiary/aromatic N) is 1. The van der Waals surface area contributed by atoms with Crippen LogP contribution in [0.1, 0.15) is 18.1 Å². The van der Waals surface area contributed by atoms with Crippen LogP contribution in [0.15, 0.2) is 42.2 Å². The van der Waals surface area contributed by atoms with Gasteiger partial charge < -0.3 is 18.9 Å². The van der Waals surface area contributed by atoms with Gasteiger partial charge in [-0.1, -0.05) is 6.07 Å². The fraction of sp³-hybridized carbons (Fsp3) is 0.250. The Labute approximate surface area is 157 Å². The summed E-state index contributed by atoms with van der Waals surface area (Å²) >= 11 is 0. The van der Waals surface area contributed by atoms with Crippen LogP contribution in [0.2, 0.25) is 0 Å². The standard InChI is InChI=1S/C20H21NO6/c1-13(20(23)27-19(22)9-14-6-5-7-21-12-14)8-15-10-17(25-3)18(26-4)11-16(15)24-2/h5-8,10-12H,9H2,1-4H3/b13-8+. The minimum Gasteiger partial charge on any atom is -0.496 e. The highest BCUT2D eigenvalue weighted by atomic mass is 16.6. The van der Waals surface area contributed by atoms with Gasteiger partial charge in [0.1, 0.15) is 5.75 Å². The Hall–Kier alpha value is -3.35. The summed E-state index contributed by atoms with van der Waals surface area (Å²) in [4.78, 5) is 28.0. The Morgan fingerprint density at radius 2 is 1.70 bits per heavy atom. The maximum Gasteiger partial charge on any atom is 0.341 e. The molecular formula is C20H21NO6. The van der Waals surface area contributed by atoms with Crippen LogP contribution in [0, 0.1) is 0 Å². The second-order valence-corrected chi connectivity index (χ2v) is 5.58. The van der Waals surface area contributed by atoms with Gasteiger partial charge in [-0.15, -0.1) is 0 Å². The van der Waals surface area contributed by atoms with Gasteiger partial charge in [-0.05, 0) is 30.7 Å². The van der Waals surface area contributed by atoms with Crippen LogP contribution in [0.3, 0.4) is 0 Å². The van der Waals surface area contributed by atoms with Crippen LogP contribution >= 0.6 is 0 Å². The van der Waals surface area contributed by atoms with Crippen molar-refractivity contribution < 1.29 is 28.5 Å². The fourth-order valence-corrected chi connectivity index (χ4v) is 2.35. The number of methoxy groups -OCH3 is 3. The summed E-state index contributed by atoms with van der Waals surface area (Å²) in [6.07, 6.45) is 4.67. The van der Waals surface area contributed by atoms with Crippen molar-refractivity contribution >= 4 is 18.0 Å². The van der Waals surface area contributed by atoms with Crippen LogP contribution in [0.25, 0.3) is 6.08 Å². The van der Waals surface area contributed by atoms with E-state index in [1.165, 1.54) is 21.3 Å². The Kier molecular flexibility index (Phi) is 6.93. The summed E-state index contributed by atoms with van der Waals surface area (Å²) in [5, 5.41) is 0. The lowest BCUT2D eigenvalue weighted by molar-refractivity contribution is -0.156. The van der Waals surface area contributed by atoms with Gasteiger partial charge in [0.2, 0.25) is 0 Å². The maximum atomic E-state index is 12.2. The monoisotopic (exact) mass is 371 g/mol. The van der Waals surface area contributed by atoms with Crippen molar-refractivity contribution in [2.24, 2.45) is 0 Å². The van der Waals surface area contributed by atoms with E-state index >= 15 is 0 Å². The maximum absolute atomic E-state index is 12.2. The first-order valence-corrected chi connectivity index (χ1v) is 8.10. The SMILES string of the molecule is COc1cc(OC)c(OC)cc1/C=C(\C)C(=O)OC(=O)Cc1cccnc1. The van der Waals surface area contributed by atoms with Crippen LogP contribution in [0.4, 0.5) is 0 Å². The molecule has 0 aliphatic carbocycles. The van der Waals surface area contributed by atoms with E-state index in [2.05, 4.69) is 4.98 Å². The Morgan fingerprint density at radius 3 is 2.30 bits per heavy atom. The van der Waals surface area contributed by atoms with Crippen molar-refractivity contribution in [1.82, 2.24) is 4.98 Å². The number of pyridine rings is 1. The van der Waals surface area contributed by atoms with Crippen molar-refractivity contribution in [3.05, 3.63) is 53.4 Å². The third kappa shape index (κ3) is 5.31. The van der Waals surface area contributed by atoms with Gasteiger partial charge >= 0.3 is 11.9 Å². The number of hydrogen-bond acceptors (Lipinski definition) is 7. The zero-order valence-corrected chi connectivity index (χ0v) is 15.6. The quantitative estimate of drug-likeness (QED) is 0.420. The Bertz CT molecular complexity index is 845. The second kappa shape index (κ2) is 9.38. The van der Waals surface area contributed by atoms with Crippen molar-refractivity contribution in [1.29, 1.82) is 0 Å². The van der Waals surface area contributed by atoms with Crippen molar-refractivity contribution in [2.75, 3.05) is 21.3 Å². The number of aromatic nitrogens is 1. The van der Waals surface area contributed by atoms with Gasteiger partial charge in [0, 0.05) is 29.6 Å². The molecule has 0 unspecified atom stereocenters. The Morgan fingerprint density at radius 1 is 1.04 bits per heavy atom. The molecule has 1 aromatic carbocycles. The van der Waals surface area contributed by atoms with E-state index in [-0.39, 0.29) is 12.0 Å². The lowest BCUT2D eigenvalue weighted by atomic mass is 10.1. The van der Waals surface area contributed by atoms with Gasteiger partial charge in [-0.2, -0.15) is 0 Å². The minimum atomic E-state index is -0.735. The molecule has 1 heterocycles. The number of ether oxygens (including phenoxy) is 4. The van der Waals surface area contributed by atoms with Crippen molar-refractivity contribution in [3.8, 4) is 17.2 Å². The van der Waals surface area contributed by atoms with Gasteiger partial charge in [0.05, 0.1) is 27.8 Å². The molecule has 0 amide bonds. The molecule has 0 saturated carbocycles. The van der Waals surface area contributed by atoms with E-state index in [0.717, 1.165) is 0 Å². The molecule has 0 spiro atoms. The molecule has 0 radical (unpaired) electrons. The van der Waals surface area contributed by atoms with Crippen molar-refractivity contribution in [2.45, 2.75) is 13.3 Å². The number of esters is 2. The summed E-state index contributed by atoms with van der Waals surface area (Å²) in [6, 6.07) is 6.76. The lowest BCUT2D eigenvalue weighted by Gasteiger charge is -2.12. The number of rotatable bonds is 7. The molecule has 142 valence electrons. The average Bonchev–Trinajstić information content (AvgIpc) is 2.68. The second-order valence-electron chi connectivity index (χ2n) is 5.58. The Balaban J connectivity index is 2.16. The minimum absolute atomic E-state index is 0.0352. The van der Waals surface area contributed by atoms with Crippen LogP contribution < -0.4 is 14.2 Å². The summed E-state index contributed by atoms with van der Waals surface area (Å²) in [5.41, 5.74) is 1.49. The molecule has 0 bridgehead atoms. The van der Waals surface area contributed by atoms with E-state index in [0.29, 0.717) is 28.4 Å². The molecule has 0 fully saturated rings. The molecule has 2 aromatic rings. The van der Waals surface area contributed by atoms with E-state index in [4.69, 9.17) is 18.9 Å². The van der Waals surface area contributed by atoms with Gasteiger partial charge in [0.15, 0.2) is 11.5 Å². The highest BCUT2D eigenvalue weighted by Crippen LogP contribution is 2.35.